The first-order chi connectivity index (χ1) is 12.7. The first-order valence-electron chi connectivity index (χ1n) is 9.10. The van der Waals surface area contributed by atoms with Crippen molar-refractivity contribution in [2.45, 2.75) is 39.0 Å². The number of rotatable bonds is 5. The summed E-state index contributed by atoms with van der Waals surface area (Å²) in [4.78, 5) is 19.1. The second-order valence-corrected chi connectivity index (χ2v) is 7.92. The van der Waals surface area contributed by atoms with E-state index >= 15 is 0 Å². The summed E-state index contributed by atoms with van der Waals surface area (Å²) < 4.78 is 5.57. The number of nitrogens with zero attached hydrogens (tertiary/aromatic N) is 1. The van der Waals surface area contributed by atoms with Gasteiger partial charge in [0.2, 0.25) is 5.89 Å². The Morgan fingerprint density at radius 1 is 1.23 bits per heavy atom. The van der Waals surface area contributed by atoms with Crippen LogP contribution in [0.5, 0.6) is 0 Å². The minimum atomic E-state index is 0.0200. The number of aromatic nitrogens is 1. The lowest BCUT2D eigenvalue weighted by atomic mass is 9.99. The Balaban J connectivity index is 1.32. The van der Waals surface area contributed by atoms with E-state index in [0.29, 0.717) is 18.9 Å². The SMILES string of the molecule is Cc1ccc(-c2nc(CCNC(=O)c3cc4c(s3)CCCC4)co2)cc1. The highest BCUT2D eigenvalue weighted by Gasteiger charge is 2.17. The van der Waals surface area contributed by atoms with Crippen molar-refractivity contribution in [3.05, 3.63) is 63.2 Å². The van der Waals surface area contributed by atoms with E-state index in [4.69, 9.17) is 4.42 Å². The average Bonchev–Trinajstić information content (AvgIpc) is 3.29. The van der Waals surface area contributed by atoms with Gasteiger partial charge in [0.1, 0.15) is 6.26 Å². The van der Waals surface area contributed by atoms with Gasteiger partial charge in [-0.15, -0.1) is 11.3 Å². The van der Waals surface area contributed by atoms with Crippen LogP contribution in [-0.2, 0) is 19.3 Å². The number of thiophene rings is 1. The molecule has 0 fully saturated rings. The van der Waals surface area contributed by atoms with Crippen LogP contribution in [-0.4, -0.2) is 17.4 Å². The maximum absolute atomic E-state index is 12.4. The summed E-state index contributed by atoms with van der Waals surface area (Å²) in [6, 6.07) is 10.2. The monoisotopic (exact) mass is 366 g/mol. The van der Waals surface area contributed by atoms with E-state index in [1.165, 1.54) is 28.8 Å². The number of benzene rings is 1. The predicted octanol–water partition coefficient (Wildman–Crippen LogP) is 4.56. The summed E-state index contributed by atoms with van der Waals surface area (Å²) >= 11 is 1.65. The van der Waals surface area contributed by atoms with Crippen molar-refractivity contribution in [1.29, 1.82) is 0 Å². The van der Waals surface area contributed by atoms with Gasteiger partial charge in [-0.2, -0.15) is 0 Å². The van der Waals surface area contributed by atoms with Crippen molar-refractivity contribution in [1.82, 2.24) is 10.3 Å². The molecule has 0 unspecified atom stereocenters. The summed E-state index contributed by atoms with van der Waals surface area (Å²) in [5.74, 6) is 0.643. The van der Waals surface area contributed by atoms with Crippen molar-refractivity contribution < 1.29 is 9.21 Å². The van der Waals surface area contributed by atoms with Crippen LogP contribution in [0.4, 0.5) is 0 Å². The first kappa shape index (κ1) is 17.0. The molecule has 1 aliphatic rings. The zero-order valence-electron chi connectivity index (χ0n) is 14.9. The molecule has 0 bridgehead atoms. The molecule has 3 aromatic rings. The molecule has 0 radical (unpaired) electrons. The number of carbonyl (C=O) groups excluding carboxylic acids is 1. The van der Waals surface area contributed by atoms with Crippen LogP contribution in [0.25, 0.3) is 11.5 Å². The van der Waals surface area contributed by atoms with Gasteiger partial charge in [0.25, 0.3) is 5.91 Å². The molecule has 1 aliphatic carbocycles. The zero-order valence-corrected chi connectivity index (χ0v) is 15.7. The average molecular weight is 366 g/mol. The van der Waals surface area contributed by atoms with Crippen LogP contribution in [0.3, 0.4) is 0 Å². The highest BCUT2D eigenvalue weighted by Crippen LogP contribution is 2.29. The first-order valence-corrected chi connectivity index (χ1v) is 9.92. The fourth-order valence-electron chi connectivity index (χ4n) is 3.24. The van der Waals surface area contributed by atoms with Gasteiger partial charge >= 0.3 is 0 Å². The largest absolute Gasteiger partial charge is 0.444 e. The lowest BCUT2D eigenvalue weighted by molar-refractivity contribution is 0.0958. The van der Waals surface area contributed by atoms with Gasteiger partial charge in [0.15, 0.2) is 0 Å². The number of oxazole rings is 1. The van der Waals surface area contributed by atoms with Gasteiger partial charge in [-0.25, -0.2) is 4.98 Å². The Morgan fingerprint density at radius 2 is 2.04 bits per heavy atom. The van der Waals surface area contributed by atoms with E-state index in [1.807, 2.05) is 24.3 Å². The summed E-state index contributed by atoms with van der Waals surface area (Å²) in [5, 5.41) is 3.00. The topological polar surface area (TPSA) is 55.1 Å². The molecule has 2 aromatic heterocycles. The Morgan fingerprint density at radius 3 is 2.85 bits per heavy atom. The molecule has 2 heterocycles. The smallest absolute Gasteiger partial charge is 0.261 e. The van der Waals surface area contributed by atoms with Gasteiger partial charge in [-0.1, -0.05) is 17.7 Å². The Labute approximate surface area is 157 Å². The molecule has 26 heavy (non-hydrogen) atoms. The van der Waals surface area contributed by atoms with E-state index in [0.717, 1.165) is 29.0 Å². The second-order valence-electron chi connectivity index (χ2n) is 6.78. The maximum Gasteiger partial charge on any atom is 0.261 e. The van der Waals surface area contributed by atoms with Gasteiger partial charge in [0, 0.05) is 23.4 Å². The third-order valence-electron chi connectivity index (χ3n) is 4.74. The number of amides is 1. The number of hydrogen-bond donors (Lipinski definition) is 1. The number of carbonyl (C=O) groups is 1. The van der Waals surface area contributed by atoms with Crippen LogP contribution >= 0.6 is 11.3 Å². The van der Waals surface area contributed by atoms with E-state index in [2.05, 4.69) is 23.3 Å². The highest BCUT2D eigenvalue weighted by molar-refractivity contribution is 7.14. The third-order valence-corrected chi connectivity index (χ3v) is 5.97. The fraction of sp³-hybridized carbons (Fsp3) is 0.333. The molecule has 1 aromatic carbocycles. The highest BCUT2D eigenvalue weighted by atomic mass is 32.1. The van der Waals surface area contributed by atoms with Gasteiger partial charge in [-0.05, 0) is 56.4 Å². The van der Waals surface area contributed by atoms with E-state index in [-0.39, 0.29) is 5.91 Å². The van der Waals surface area contributed by atoms with Crippen molar-refractivity contribution in [2.24, 2.45) is 0 Å². The molecule has 4 nitrogen and oxygen atoms in total. The summed E-state index contributed by atoms with van der Waals surface area (Å²) in [7, 11) is 0. The molecular weight excluding hydrogens is 344 g/mol. The molecule has 134 valence electrons. The number of aryl methyl sites for hydroxylation is 3. The van der Waals surface area contributed by atoms with Crippen molar-refractivity contribution in [3.63, 3.8) is 0 Å². The lowest BCUT2D eigenvalue weighted by Gasteiger charge is -2.08. The molecule has 4 rings (SSSR count). The van der Waals surface area contributed by atoms with Crippen LogP contribution in [0, 0.1) is 6.92 Å². The van der Waals surface area contributed by atoms with Crippen LogP contribution in [0.15, 0.2) is 41.0 Å². The van der Waals surface area contributed by atoms with E-state index < -0.39 is 0 Å². The van der Waals surface area contributed by atoms with Crippen molar-refractivity contribution in [2.75, 3.05) is 6.54 Å². The molecule has 0 aliphatic heterocycles. The summed E-state index contributed by atoms with van der Waals surface area (Å²) in [6.45, 7) is 2.61. The Kier molecular flexibility index (Phi) is 4.89. The molecule has 0 saturated heterocycles. The Bertz CT molecular complexity index is 885. The number of hydrogen-bond acceptors (Lipinski definition) is 4. The van der Waals surface area contributed by atoms with Crippen LogP contribution in [0.2, 0.25) is 0 Å². The van der Waals surface area contributed by atoms with Crippen molar-refractivity contribution >= 4 is 17.2 Å². The zero-order chi connectivity index (χ0) is 17.9. The summed E-state index contributed by atoms with van der Waals surface area (Å²) in [6.07, 6.45) is 7.04. The van der Waals surface area contributed by atoms with E-state index in [1.54, 1.807) is 17.6 Å². The maximum atomic E-state index is 12.4. The Hall–Kier alpha value is -2.40. The van der Waals surface area contributed by atoms with Crippen molar-refractivity contribution in [3.8, 4) is 11.5 Å². The second kappa shape index (κ2) is 7.46. The standard InChI is InChI=1S/C21H22N2O2S/c1-14-6-8-15(9-7-14)21-23-17(13-25-21)10-11-22-20(24)19-12-16-4-2-3-5-18(16)26-19/h6-9,12-13H,2-5,10-11H2,1H3,(H,22,24). The minimum absolute atomic E-state index is 0.0200. The molecule has 1 N–H and O–H groups in total. The molecule has 0 saturated carbocycles. The van der Waals surface area contributed by atoms with Gasteiger partial charge in [-0.3, -0.25) is 4.79 Å². The molecule has 1 amide bonds. The number of nitrogens with one attached hydrogen (secondary N) is 1. The minimum Gasteiger partial charge on any atom is -0.444 e. The third kappa shape index (κ3) is 3.73. The molecule has 0 atom stereocenters. The molecule has 0 spiro atoms. The van der Waals surface area contributed by atoms with Gasteiger partial charge in [0.05, 0.1) is 10.6 Å². The summed E-state index contributed by atoms with van der Waals surface area (Å²) in [5.41, 5.74) is 4.39. The van der Waals surface area contributed by atoms with E-state index in [9.17, 15) is 4.79 Å². The molecule has 5 heteroatoms. The quantitative estimate of drug-likeness (QED) is 0.720. The predicted molar refractivity (Wildman–Crippen MR) is 104 cm³/mol. The lowest BCUT2D eigenvalue weighted by Crippen LogP contribution is -2.24. The normalized spacial score (nSPS) is 13.4. The molecular formula is C21H22N2O2S. The fourth-order valence-corrected chi connectivity index (χ4v) is 4.41. The van der Waals surface area contributed by atoms with Crippen LogP contribution in [0.1, 0.15) is 44.2 Å². The number of fused-ring (bicyclic) bond motifs is 1. The van der Waals surface area contributed by atoms with Gasteiger partial charge < -0.3 is 9.73 Å². The van der Waals surface area contributed by atoms with Crippen LogP contribution < -0.4 is 5.32 Å².